The second kappa shape index (κ2) is 6.94. The molecule has 8 heteroatoms. The van der Waals surface area contributed by atoms with Gasteiger partial charge in [0.15, 0.2) is 0 Å². The third-order valence-corrected chi connectivity index (χ3v) is 3.75. The second-order valence-corrected chi connectivity index (χ2v) is 5.61. The number of amides is 3. The van der Waals surface area contributed by atoms with Gasteiger partial charge >= 0.3 is 12.0 Å². The van der Waals surface area contributed by atoms with E-state index in [-0.39, 0.29) is 25.1 Å². The summed E-state index contributed by atoms with van der Waals surface area (Å²) in [5.41, 5.74) is -1.99. The maximum absolute atomic E-state index is 14.0. The summed E-state index contributed by atoms with van der Waals surface area (Å²) in [6.07, 6.45) is 0.493. The standard InChI is InChI=1S/C16H18F2N2O4/c1-3-8-24-13(21)6-7-20-14(22)16(2,19-15(20)23)11-9-10(17)4-5-12(11)18/h4-5,9H,3,6-8H2,1-2H3,(H,19,23)/t16-/m1/s1. The molecule has 1 aliphatic rings. The smallest absolute Gasteiger partial charge is 0.325 e. The third kappa shape index (κ3) is 3.37. The minimum atomic E-state index is -1.73. The van der Waals surface area contributed by atoms with Crippen LogP contribution in [0.3, 0.4) is 0 Å². The molecule has 1 atom stereocenters. The fraction of sp³-hybridized carbons (Fsp3) is 0.438. The van der Waals surface area contributed by atoms with E-state index in [0.717, 1.165) is 23.1 Å². The van der Waals surface area contributed by atoms with Crippen LogP contribution >= 0.6 is 0 Å². The lowest BCUT2D eigenvalue weighted by Gasteiger charge is -2.22. The molecule has 0 bridgehead atoms. The Morgan fingerprint density at radius 3 is 2.71 bits per heavy atom. The van der Waals surface area contributed by atoms with E-state index < -0.39 is 35.1 Å². The molecule has 130 valence electrons. The van der Waals surface area contributed by atoms with Crippen molar-refractivity contribution in [3.63, 3.8) is 0 Å². The largest absolute Gasteiger partial charge is 0.466 e. The van der Waals surface area contributed by atoms with E-state index in [1.807, 2.05) is 6.92 Å². The van der Waals surface area contributed by atoms with Gasteiger partial charge in [-0.25, -0.2) is 13.6 Å². The van der Waals surface area contributed by atoms with Crippen LogP contribution in [0.2, 0.25) is 0 Å². The van der Waals surface area contributed by atoms with Crippen molar-refractivity contribution in [3.05, 3.63) is 35.4 Å². The van der Waals surface area contributed by atoms with Gasteiger partial charge in [0, 0.05) is 12.1 Å². The van der Waals surface area contributed by atoms with Crippen molar-refractivity contribution in [2.24, 2.45) is 0 Å². The van der Waals surface area contributed by atoms with Crippen LogP contribution in [-0.4, -0.2) is 36.0 Å². The predicted octanol–water partition coefficient (Wildman–Crippen LogP) is 2.08. The van der Waals surface area contributed by atoms with Gasteiger partial charge in [0.25, 0.3) is 5.91 Å². The molecule has 2 rings (SSSR count). The van der Waals surface area contributed by atoms with Crippen LogP contribution in [0.15, 0.2) is 18.2 Å². The lowest BCUT2D eigenvalue weighted by molar-refractivity contribution is -0.144. The molecule has 1 aromatic carbocycles. The summed E-state index contributed by atoms with van der Waals surface area (Å²) < 4.78 is 32.3. The van der Waals surface area contributed by atoms with Crippen molar-refractivity contribution in [2.75, 3.05) is 13.2 Å². The van der Waals surface area contributed by atoms with Crippen LogP contribution < -0.4 is 5.32 Å². The quantitative estimate of drug-likeness (QED) is 0.635. The highest BCUT2D eigenvalue weighted by atomic mass is 19.1. The Bertz CT molecular complexity index is 680. The number of urea groups is 1. The van der Waals surface area contributed by atoms with Crippen LogP contribution in [0, 0.1) is 11.6 Å². The van der Waals surface area contributed by atoms with Crippen molar-refractivity contribution >= 4 is 17.9 Å². The maximum atomic E-state index is 14.0. The van der Waals surface area contributed by atoms with Crippen LogP contribution in [0.5, 0.6) is 0 Å². The number of nitrogens with zero attached hydrogens (tertiary/aromatic N) is 1. The Labute approximate surface area is 137 Å². The predicted molar refractivity (Wildman–Crippen MR) is 79.8 cm³/mol. The lowest BCUT2D eigenvalue weighted by Crippen LogP contribution is -2.42. The molecule has 0 saturated carbocycles. The number of hydrogen-bond donors (Lipinski definition) is 1. The van der Waals surface area contributed by atoms with Gasteiger partial charge in [0.05, 0.1) is 13.0 Å². The summed E-state index contributed by atoms with van der Waals surface area (Å²) in [6, 6.07) is 1.91. The fourth-order valence-electron chi connectivity index (χ4n) is 2.45. The summed E-state index contributed by atoms with van der Waals surface area (Å²) in [4.78, 5) is 36.9. The van der Waals surface area contributed by atoms with Gasteiger partial charge in [-0.05, 0) is 31.5 Å². The lowest BCUT2D eigenvalue weighted by atomic mass is 9.91. The number of nitrogens with one attached hydrogen (secondary N) is 1. The molecule has 24 heavy (non-hydrogen) atoms. The molecule has 0 aromatic heterocycles. The highest BCUT2D eigenvalue weighted by Crippen LogP contribution is 2.31. The minimum Gasteiger partial charge on any atom is -0.466 e. The van der Waals surface area contributed by atoms with Gasteiger partial charge in [0.2, 0.25) is 0 Å². The molecule has 1 fully saturated rings. The number of imide groups is 1. The van der Waals surface area contributed by atoms with Gasteiger partial charge in [-0.1, -0.05) is 6.92 Å². The molecular formula is C16H18F2N2O4. The molecule has 0 spiro atoms. The first-order chi connectivity index (χ1) is 11.3. The SMILES string of the molecule is CCCOC(=O)CCN1C(=O)N[C@](C)(c2cc(F)ccc2F)C1=O. The summed E-state index contributed by atoms with van der Waals surface area (Å²) in [6.45, 7) is 3.19. The first-order valence-corrected chi connectivity index (χ1v) is 7.55. The van der Waals surface area contributed by atoms with Crippen molar-refractivity contribution in [1.29, 1.82) is 0 Å². The average Bonchev–Trinajstić information content (AvgIpc) is 2.76. The van der Waals surface area contributed by atoms with Crippen LogP contribution in [0.25, 0.3) is 0 Å². The summed E-state index contributed by atoms with van der Waals surface area (Å²) in [5, 5.41) is 2.36. The van der Waals surface area contributed by atoms with Gasteiger partial charge in [0.1, 0.15) is 17.2 Å². The molecule has 1 aliphatic heterocycles. The zero-order valence-corrected chi connectivity index (χ0v) is 13.4. The molecule has 0 unspecified atom stereocenters. The number of rotatable bonds is 6. The highest BCUT2D eigenvalue weighted by molar-refractivity contribution is 6.07. The first-order valence-electron chi connectivity index (χ1n) is 7.55. The van der Waals surface area contributed by atoms with E-state index in [1.165, 1.54) is 6.92 Å². The van der Waals surface area contributed by atoms with Gasteiger partial charge < -0.3 is 10.1 Å². The maximum Gasteiger partial charge on any atom is 0.325 e. The molecule has 3 amide bonds. The van der Waals surface area contributed by atoms with E-state index in [2.05, 4.69) is 5.32 Å². The van der Waals surface area contributed by atoms with E-state index in [4.69, 9.17) is 4.74 Å². The van der Waals surface area contributed by atoms with Crippen molar-refractivity contribution in [3.8, 4) is 0 Å². The molecular weight excluding hydrogens is 322 g/mol. The number of ether oxygens (including phenoxy) is 1. The van der Waals surface area contributed by atoms with Crippen LogP contribution in [-0.2, 0) is 19.9 Å². The van der Waals surface area contributed by atoms with Crippen molar-refractivity contribution in [1.82, 2.24) is 10.2 Å². The van der Waals surface area contributed by atoms with E-state index in [9.17, 15) is 23.2 Å². The number of benzene rings is 1. The number of hydrogen-bond acceptors (Lipinski definition) is 4. The monoisotopic (exact) mass is 340 g/mol. The number of carbonyl (C=O) groups excluding carboxylic acids is 3. The number of esters is 1. The minimum absolute atomic E-state index is 0.166. The van der Waals surface area contributed by atoms with Crippen molar-refractivity contribution < 1.29 is 27.9 Å². The van der Waals surface area contributed by atoms with Crippen LogP contribution in [0.1, 0.15) is 32.3 Å². The van der Waals surface area contributed by atoms with E-state index in [1.54, 1.807) is 0 Å². The van der Waals surface area contributed by atoms with Gasteiger partial charge in [-0.2, -0.15) is 0 Å². The van der Waals surface area contributed by atoms with Crippen molar-refractivity contribution in [2.45, 2.75) is 32.2 Å². The van der Waals surface area contributed by atoms with E-state index in [0.29, 0.717) is 6.42 Å². The fourth-order valence-corrected chi connectivity index (χ4v) is 2.45. The molecule has 6 nitrogen and oxygen atoms in total. The molecule has 1 heterocycles. The summed E-state index contributed by atoms with van der Waals surface area (Å²) >= 11 is 0. The first kappa shape index (κ1) is 17.8. The number of carbonyl (C=O) groups is 3. The molecule has 0 aliphatic carbocycles. The van der Waals surface area contributed by atoms with Gasteiger partial charge in [-0.3, -0.25) is 14.5 Å². The third-order valence-electron chi connectivity index (χ3n) is 3.75. The second-order valence-electron chi connectivity index (χ2n) is 5.61. The molecule has 1 aromatic rings. The van der Waals surface area contributed by atoms with E-state index >= 15 is 0 Å². The Morgan fingerprint density at radius 2 is 2.04 bits per heavy atom. The molecule has 1 saturated heterocycles. The summed E-state index contributed by atoms with van der Waals surface area (Å²) in [7, 11) is 0. The zero-order valence-electron chi connectivity index (χ0n) is 13.4. The normalized spacial score (nSPS) is 20.2. The number of halogens is 2. The molecule has 0 radical (unpaired) electrons. The van der Waals surface area contributed by atoms with Crippen LogP contribution in [0.4, 0.5) is 13.6 Å². The average molecular weight is 340 g/mol. The molecule has 1 N–H and O–H groups in total. The Hall–Kier alpha value is -2.51. The van der Waals surface area contributed by atoms with Gasteiger partial charge in [-0.15, -0.1) is 0 Å². The Morgan fingerprint density at radius 1 is 1.33 bits per heavy atom. The highest BCUT2D eigenvalue weighted by Gasteiger charge is 2.50. The Balaban J connectivity index is 2.16. The zero-order chi connectivity index (χ0) is 17.9. The Kier molecular flexibility index (Phi) is 5.16. The summed E-state index contributed by atoms with van der Waals surface area (Å²) in [5.74, 6) is -2.82. The topological polar surface area (TPSA) is 75.7 Å².